The smallest absolute Gasteiger partial charge is 0.215 e. The van der Waals surface area contributed by atoms with Gasteiger partial charge in [-0.3, -0.25) is 0 Å². The first kappa shape index (κ1) is 21.5. The summed E-state index contributed by atoms with van der Waals surface area (Å²) in [7, 11) is -3.43. The zero-order valence-electron chi connectivity index (χ0n) is 16.6. The molecule has 0 saturated heterocycles. The van der Waals surface area contributed by atoms with Crippen molar-refractivity contribution in [3.05, 3.63) is 66.6 Å². The van der Waals surface area contributed by atoms with Gasteiger partial charge in [-0.25, -0.2) is 28.1 Å². The molecule has 0 spiro atoms. The van der Waals surface area contributed by atoms with E-state index in [1.807, 2.05) is 37.3 Å². The van der Waals surface area contributed by atoms with Gasteiger partial charge in [0.2, 0.25) is 10.0 Å². The van der Waals surface area contributed by atoms with Crippen LogP contribution in [0.4, 0.5) is 17.5 Å². The van der Waals surface area contributed by atoms with E-state index in [0.29, 0.717) is 29.7 Å². The summed E-state index contributed by atoms with van der Waals surface area (Å²) >= 11 is 0. The molecule has 0 aliphatic rings. The number of benzene rings is 1. The van der Waals surface area contributed by atoms with Crippen molar-refractivity contribution in [1.29, 1.82) is 0 Å². The number of aryl methyl sites for hydroxylation is 1. The molecule has 0 aliphatic heterocycles. The van der Waals surface area contributed by atoms with E-state index in [4.69, 9.17) is 4.74 Å². The summed E-state index contributed by atoms with van der Waals surface area (Å²) in [5, 5.41) is 6.18. The van der Waals surface area contributed by atoms with Crippen LogP contribution in [-0.2, 0) is 10.0 Å². The standard InChI is InChI=1S/C20H24N6O3S/c1-16-7-8-21-19(13-16)26-20-14-18(23-15-24-20)22-9-10-25-30(27,28)12-11-29-17-5-3-2-4-6-17/h2-8,13-15,25H,9-12H2,1H3,(H2,21,22,23,24,26). The first-order valence-electron chi connectivity index (χ1n) is 9.41. The van der Waals surface area contributed by atoms with Crippen molar-refractivity contribution in [2.75, 3.05) is 36.1 Å². The molecule has 0 amide bonds. The van der Waals surface area contributed by atoms with Crippen molar-refractivity contribution >= 4 is 27.5 Å². The van der Waals surface area contributed by atoms with E-state index in [-0.39, 0.29) is 18.9 Å². The molecule has 9 nitrogen and oxygen atoms in total. The molecule has 0 bridgehead atoms. The summed E-state index contributed by atoms with van der Waals surface area (Å²) in [5.74, 6) is 2.37. The second kappa shape index (κ2) is 10.5. The van der Waals surface area contributed by atoms with Crippen LogP contribution in [-0.4, -0.2) is 48.8 Å². The third kappa shape index (κ3) is 7.30. The maximum atomic E-state index is 12.1. The van der Waals surface area contributed by atoms with Crippen LogP contribution in [0.2, 0.25) is 0 Å². The fourth-order valence-electron chi connectivity index (χ4n) is 2.51. The summed E-state index contributed by atoms with van der Waals surface area (Å²) in [6, 6.07) is 14.6. The molecule has 0 aliphatic carbocycles. The fraction of sp³-hybridized carbons (Fsp3) is 0.250. The van der Waals surface area contributed by atoms with E-state index >= 15 is 0 Å². The Bertz CT molecular complexity index is 1050. The van der Waals surface area contributed by atoms with Gasteiger partial charge in [0.1, 0.15) is 36.1 Å². The summed E-state index contributed by atoms with van der Waals surface area (Å²) in [5.41, 5.74) is 1.08. The van der Waals surface area contributed by atoms with Gasteiger partial charge in [0.25, 0.3) is 0 Å². The molecule has 3 N–H and O–H groups in total. The fourth-order valence-corrected chi connectivity index (χ4v) is 3.37. The molecule has 3 aromatic rings. The van der Waals surface area contributed by atoms with Gasteiger partial charge in [0.15, 0.2) is 0 Å². The Hall–Kier alpha value is -3.24. The Morgan fingerprint density at radius 1 is 0.933 bits per heavy atom. The molecule has 3 rings (SSSR count). The number of pyridine rings is 1. The first-order chi connectivity index (χ1) is 14.5. The Morgan fingerprint density at radius 2 is 1.70 bits per heavy atom. The van der Waals surface area contributed by atoms with Gasteiger partial charge in [0, 0.05) is 25.4 Å². The van der Waals surface area contributed by atoms with E-state index in [9.17, 15) is 8.42 Å². The van der Waals surface area contributed by atoms with Gasteiger partial charge >= 0.3 is 0 Å². The largest absolute Gasteiger partial charge is 0.492 e. The quantitative estimate of drug-likeness (QED) is 0.398. The van der Waals surface area contributed by atoms with Crippen LogP contribution in [0.1, 0.15) is 5.56 Å². The van der Waals surface area contributed by atoms with Crippen molar-refractivity contribution in [2.45, 2.75) is 6.92 Å². The van der Waals surface area contributed by atoms with Crippen LogP contribution in [0, 0.1) is 6.92 Å². The number of rotatable bonds is 11. The van der Waals surface area contributed by atoms with Crippen molar-refractivity contribution in [2.24, 2.45) is 0 Å². The van der Waals surface area contributed by atoms with Crippen molar-refractivity contribution < 1.29 is 13.2 Å². The highest BCUT2D eigenvalue weighted by Crippen LogP contribution is 2.15. The monoisotopic (exact) mass is 428 g/mol. The molecular formula is C20H24N6O3S. The minimum Gasteiger partial charge on any atom is -0.492 e. The highest BCUT2D eigenvalue weighted by atomic mass is 32.2. The van der Waals surface area contributed by atoms with Crippen LogP contribution in [0.15, 0.2) is 61.1 Å². The molecule has 30 heavy (non-hydrogen) atoms. The van der Waals surface area contributed by atoms with Gasteiger partial charge in [-0.2, -0.15) is 0 Å². The maximum Gasteiger partial charge on any atom is 0.215 e. The van der Waals surface area contributed by atoms with E-state index in [1.165, 1.54) is 6.33 Å². The number of anilines is 3. The average molecular weight is 429 g/mol. The number of aromatic nitrogens is 3. The average Bonchev–Trinajstić information content (AvgIpc) is 2.72. The number of para-hydroxylation sites is 1. The van der Waals surface area contributed by atoms with E-state index in [0.717, 1.165) is 5.56 Å². The predicted octanol–water partition coefficient (Wildman–Crippen LogP) is 2.33. The Morgan fingerprint density at radius 3 is 2.50 bits per heavy atom. The lowest BCUT2D eigenvalue weighted by molar-refractivity contribution is 0.340. The van der Waals surface area contributed by atoms with Gasteiger partial charge in [0.05, 0.1) is 5.75 Å². The van der Waals surface area contributed by atoms with Gasteiger partial charge in [-0.15, -0.1) is 0 Å². The summed E-state index contributed by atoms with van der Waals surface area (Å²) < 4.78 is 32.1. The van der Waals surface area contributed by atoms with E-state index in [2.05, 4.69) is 30.3 Å². The minimum atomic E-state index is -3.43. The highest BCUT2D eigenvalue weighted by Gasteiger charge is 2.10. The van der Waals surface area contributed by atoms with Crippen LogP contribution in [0.5, 0.6) is 5.75 Å². The van der Waals surface area contributed by atoms with Crippen molar-refractivity contribution in [3.63, 3.8) is 0 Å². The normalized spacial score (nSPS) is 11.1. The maximum absolute atomic E-state index is 12.1. The predicted molar refractivity (Wildman–Crippen MR) is 117 cm³/mol. The van der Waals surface area contributed by atoms with Crippen LogP contribution >= 0.6 is 0 Å². The molecule has 0 radical (unpaired) electrons. The number of nitrogens with one attached hydrogen (secondary N) is 3. The second-order valence-corrected chi connectivity index (χ2v) is 8.36. The molecule has 0 saturated carbocycles. The Kier molecular flexibility index (Phi) is 7.52. The number of sulfonamides is 1. The lowest BCUT2D eigenvalue weighted by atomic mass is 10.3. The van der Waals surface area contributed by atoms with Crippen molar-refractivity contribution in [1.82, 2.24) is 19.7 Å². The summed E-state index contributed by atoms with van der Waals surface area (Å²) in [6.45, 7) is 2.66. The van der Waals surface area contributed by atoms with Gasteiger partial charge < -0.3 is 15.4 Å². The second-order valence-electron chi connectivity index (χ2n) is 6.43. The number of ether oxygens (including phenoxy) is 1. The topological polar surface area (TPSA) is 118 Å². The molecule has 1 aromatic carbocycles. The SMILES string of the molecule is Cc1ccnc(Nc2cc(NCCNS(=O)(=O)CCOc3ccccc3)ncn2)c1. The van der Waals surface area contributed by atoms with Crippen LogP contribution in [0.3, 0.4) is 0 Å². The minimum absolute atomic E-state index is 0.0840. The molecule has 0 fully saturated rings. The van der Waals surface area contributed by atoms with Crippen LogP contribution in [0.25, 0.3) is 0 Å². The number of nitrogens with zero attached hydrogens (tertiary/aromatic N) is 3. The van der Waals surface area contributed by atoms with E-state index < -0.39 is 10.0 Å². The molecule has 0 atom stereocenters. The molecule has 2 heterocycles. The Balaban J connectivity index is 1.40. The third-order valence-corrected chi connectivity index (χ3v) is 5.30. The molecule has 2 aromatic heterocycles. The lowest BCUT2D eigenvalue weighted by Crippen LogP contribution is -2.32. The summed E-state index contributed by atoms with van der Waals surface area (Å²) in [4.78, 5) is 12.5. The van der Waals surface area contributed by atoms with Crippen LogP contribution < -0.4 is 20.1 Å². The lowest BCUT2D eigenvalue weighted by Gasteiger charge is -2.10. The Labute approximate surface area is 176 Å². The first-order valence-corrected chi connectivity index (χ1v) is 11.1. The van der Waals surface area contributed by atoms with Gasteiger partial charge in [-0.05, 0) is 36.8 Å². The third-order valence-electron chi connectivity index (χ3n) is 3.96. The van der Waals surface area contributed by atoms with Gasteiger partial charge in [-0.1, -0.05) is 18.2 Å². The molecule has 158 valence electrons. The molecular weight excluding hydrogens is 404 g/mol. The number of hydrogen-bond donors (Lipinski definition) is 3. The van der Waals surface area contributed by atoms with Crippen molar-refractivity contribution in [3.8, 4) is 5.75 Å². The summed E-state index contributed by atoms with van der Waals surface area (Å²) in [6.07, 6.45) is 3.14. The zero-order chi connectivity index (χ0) is 21.2. The van der Waals surface area contributed by atoms with E-state index in [1.54, 1.807) is 24.4 Å². The number of hydrogen-bond acceptors (Lipinski definition) is 8. The highest BCUT2D eigenvalue weighted by molar-refractivity contribution is 7.89. The molecule has 10 heteroatoms. The zero-order valence-corrected chi connectivity index (χ0v) is 17.4. The molecule has 0 unspecified atom stereocenters.